The molecule has 0 spiro atoms. The minimum Gasteiger partial charge on any atom is -0.496 e. The highest BCUT2D eigenvalue weighted by atomic mass is 35.5. The summed E-state index contributed by atoms with van der Waals surface area (Å²) in [4.78, 5) is 4.54. The topological polar surface area (TPSA) is 34.2 Å². The van der Waals surface area contributed by atoms with Gasteiger partial charge in [-0.1, -0.05) is 24.6 Å². The fourth-order valence-electron chi connectivity index (χ4n) is 2.18. The third-order valence-corrected chi connectivity index (χ3v) is 4.29. The van der Waals surface area contributed by atoms with Crippen LogP contribution >= 0.6 is 22.9 Å². The van der Waals surface area contributed by atoms with Crippen molar-refractivity contribution in [2.24, 2.45) is 0 Å². The van der Waals surface area contributed by atoms with Gasteiger partial charge in [0.1, 0.15) is 5.75 Å². The number of benzene rings is 1. The van der Waals surface area contributed by atoms with Crippen LogP contribution in [0.1, 0.15) is 29.2 Å². The Morgan fingerprint density at radius 3 is 2.85 bits per heavy atom. The number of nitrogens with zero attached hydrogens (tertiary/aromatic N) is 1. The van der Waals surface area contributed by atoms with Crippen molar-refractivity contribution in [3.05, 3.63) is 44.9 Å². The predicted octanol–water partition coefficient (Wildman–Crippen LogP) is 4.01. The van der Waals surface area contributed by atoms with E-state index in [0.717, 1.165) is 35.0 Å². The molecular formula is C15H19ClN2OS. The first kappa shape index (κ1) is 15.3. The van der Waals surface area contributed by atoms with Crippen molar-refractivity contribution in [1.29, 1.82) is 0 Å². The second kappa shape index (κ2) is 7.07. The summed E-state index contributed by atoms with van der Waals surface area (Å²) in [5.74, 6) is 0.816. The lowest BCUT2D eigenvalue weighted by atomic mass is 10.0. The molecule has 1 N–H and O–H groups in total. The molecule has 1 aromatic heterocycles. The second-order valence-corrected chi connectivity index (χ2v) is 5.96. The van der Waals surface area contributed by atoms with Crippen LogP contribution in [0.25, 0.3) is 0 Å². The Balaban J connectivity index is 2.28. The molecule has 0 aliphatic rings. The molecule has 0 aliphatic carbocycles. The summed E-state index contributed by atoms with van der Waals surface area (Å²) in [7, 11) is 1.67. The van der Waals surface area contributed by atoms with Gasteiger partial charge >= 0.3 is 0 Å². The van der Waals surface area contributed by atoms with E-state index in [-0.39, 0.29) is 6.04 Å². The average molecular weight is 311 g/mol. The predicted molar refractivity (Wildman–Crippen MR) is 85.0 cm³/mol. The Labute approximate surface area is 129 Å². The summed E-state index contributed by atoms with van der Waals surface area (Å²) in [6, 6.07) is 5.96. The van der Waals surface area contributed by atoms with Crippen LogP contribution in [0.5, 0.6) is 5.75 Å². The van der Waals surface area contributed by atoms with Crippen molar-refractivity contribution in [2.45, 2.75) is 26.3 Å². The number of rotatable bonds is 6. The van der Waals surface area contributed by atoms with Gasteiger partial charge in [0.05, 0.1) is 12.1 Å². The molecule has 0 amide bonds. The minimum atomic E-state index is 0.178. The largest absolute Gasteiger partial charge is 0.496 e. The molecule has 0 saturated carbocycles. The van der Waals surface area contributed by atoms with Gasteiger partial charge in [-0.15, -0.1) is 11.3 Å². The van der Waals surface area contributed by atoms with Gasteiger partial charge in [0, 0.05) is 34.1 Å². The molecule has 1 heterocycles. The lowest BCUT2D eigenvalue weighted by molar-refractivity contribution is 0.399. The summed E-state index contributed by atoms with van der Waals surface area (Å²) < 4.78 is 5.45. The van der Waals surface area contributed by atoms with Crippen molar-refractivity contribution >= 4 is 22.9 Å². The number of methoxy groups -OCH3 is 1. The molecule has 0 fully saturated rings. The van der Waals surface area contributed by atoms with Crippen molar-refractivity contribution in [3.8, 4) is 5.75 Å². The zero-order valence-corrected chi connectivity index (χ0v) is 13.5. The van der Waals surface area contributed by atoms with Gasteiger partial charge < -0.3 is 10.1 Å². The van der Waals surface area contributed by atoms with E-state index in [1.165, 1.54) is 0 Å². The molecular weight excluding hydrogens is 292 g/mol. The molecule has 1 unspecified atom stereocenters. The van der Waals surface area contributed by atoms with Crippen molar-refractivity contribution in [1.82, 2.24) is 10.3 Å². The Morgan fingerprint density at radius 1 is 1.45 bits per heavy atom. The quantitative estimate of drug-likeness (QED) is 0.875. The van der Waals surface area contributed by atoms with E-state index < -0.39 is 0 Å². The lowest BCUT2D eigenvalue weighted by Gasteiger charge is -2.20. The first-order chi connectivity index (χ1) is 9.63. The molecule has 5 heteroatoms. The summed E-state index contributed by atoms with van der Waals surface area (Å²) >= 11 is 7.73. The van der Waals surface area contributed by atoms with Gasteiger partial charge in [0.15, 0.2) is 0 Å². The van der Waals surface area contributed by atoms with E-state index in [9.17, 15) is 0 Å². The van der Waals surface area contributed by atoms with Crippen LogP contribution < -0.4 is 10.1 Å². The molecule has 1 atom stereocenters. The molecule has 0 saturated heterocycles. The van der Waals surface area contributed by atoms with Gasteiger partial charge in [-0.3, -0.25) is 0 Å². The number of likely N-dealkylation sites (N-methyl/N-ethyl adjacent to an activating group) is 1. The van der Waals surface area contributed by atoms with Gasteiger partial charge in [-0.25, -0.2) is 4.98 Å². The van der Waals surface area contributed by atoms with Crippen LogP contribution in [0.2, 0.25) is 5.02 Å². The number of aromatic nitrogens is 1. The van der Waals surface area contributed by atoms with Crippen molar-refractivity contribution in [3.63, 3.8) is 0 Å². The van der Waals surface area contributed by atoms with E-state index in [0.29, 0.717) is 5.02 Å². The Kier molecular flexibility index (Phi) is 5.40. The number of ether oxygens (including phenoxy) is 1. The maximum absolute atomic E-state index is 6.03. The summed E-state index contributed by atoms with van der Waals surface area (Å²) in [6.45, 7) is 5.01. The highest BCUT2D eigenvalue weighted by Crippen LogP contribution is 2.30. The highest BCUT2D eigenvalue weighted by molar-refractivity contribution is 7.09. The van der Waals surface area contributed by atoms with E-state index >= 15 is 0 Å². The normalized spacial score (nSPS) is 12.4. The molecule has 3 nitrogen and oxygen atoms in total. The molecule has 0 bridgehead atoms. The molecule has 108 valence electrons. The molecule has 2 rings (SSSR count). The average Bonchev–Trinajstić information content (AvgIpc) is 2.83. The number of thiazole rings is 1. The highest BCUT2D eigenvalue weighted by Gasteiger charge is 2.17. The third-order valence-electron chi connectivity index (χ3n) is 3.07. The molecule has 0 radical (unpaired) electrons. The number of hydrogen-bond donors (Lipinski definition) is 1. The Morgan fingerprint density at radius 2 is 2.25 bits per heavy atom. The summed E-state index contributed by atoms with van der Waals surface area (Å²) in [5.41, 5.74) is 2.19. The van der Waals surface area contributed by atoms with E-state index in [1.807, 2.05) is 25.1 Å². The van der Waals surface area contributed by atoms with Crippen LogP contribution in [-0.4, -0.2) is 18.6 Å². The van der Waals surface area contributed by atoms with Crippen LogP contribution in [0.4, 0.5) is 0 Å². The van der Waals surface area contributed by atoms with Gasteiger partial charge in [0.25, 0.3) is 0 Å². The van der Waals surface area contributed by atoms with E-state index in [2.05, 4.69) is 22.6 Å². The summed E-state index contributed by atoms with van der Waals surface area (Å²) in [5, 5.41) is 7.39. The Bertz CT molecular complexity index is 571. The molecule has 0 aliphatic heterocycles. The molecule has 20 heavy (non-hydrogen) atoms. The van der Waals surface area contributed by atoms with Gasteiger partial charge in [0.2, 0.25) is 0 Å². The zero-order chi connectivity index (χ0) is 14.5. The number of halogens is 1. The third kappa shape index (κ3) is 3.72. The maximum atomic E-state index is 6.03. The smallest absolute Gasteiger partial charge is 0.125 e. The van der Waals surface area contributed by atoms with E-state index in [1.54, 1.807) is 18.4 Å². The maximum Gasteiger partial charge on any atom is 0.125 e. The number of aryl methyl sites for hydroxylation is 1. The number of hydrogen-bond acceptors (Lipinski definition) is 4. The van der Waals surface area contributed by atoms with Crippen LogP contribution in [0, 0.1) is 6.92 Å². The molecule has 2 aromatic rings. The second-order valence-electron chi connectivity index (χ2n) is 4.58. The van der Waals surface area contributed by atoms with Gasteiger partial charge in [-0.05, 0) is 25.6 Å². The summed E-state index contributed by atoms with van der Waals surface area (Å²) in [6.07, 6.45) is 0.852. The first-order valence-electron chi connectivity index (χ1n) is 6.61. The van der Waals surface area contributed by atoms with Crippen LogP contribution in [0.15, 0.2) is 23.6 Å². The minimum absolute atomic E-state index is 0.178. The first-order valence-corrected chi connectivity index (χ1v) is 7.87. The fourth-order valence-corrected chi connectivity index (χ4v) is 3.16. The van der Waals surface area contributed by atoms with Crippen LogP contribution in [-0.2, 0) is 6.42 Å². The van der Waals surface area contributed by atoms with E-state index in [4.69, 9.17) is 16.3 Å². The molecule has 1 aromatic carbocycles. The monoisotopic (exact) mass is 310 g/mol. The Hall–Kier alpha value is -1.10. The SMILES string of the molecule is CCNC(Cc1nc(C)cs1)c1ccc(Cl)cc1OC. The zero-order valence-electron chi connectivity index (χ0n) is 11.9. The van der Waals surface area contributed by atoms with Crippen LogP contribution in [0.3, 0.4) is 0 Å². The van der Waals surface area contributed by atoms with Crippen molar-refractivity contribution < 1.29 is 4.74 Å². The lowest BCUT2D eigenvalue weighted by Crippen LogP contribution is -2.23. The number of nitrogens with one attached hydrogen (secondary N) is 1. The van der Waals surface area contributed by atoms with Gasteiger partial charge in [-0.2, -0.15) is 0 Å². The van der Waals surface area contributed by atoms with Crippen molar-refractivity contribution in [2.75, 3.05) is 13.7 Å². The fraction of sp³-hybridized carbons (Fsp3) is 0.400. The standard InChI is InChI=1S/C15H19ClN2OS/c1-4-17-13(8-15-18-10(2)9-20-15)12-6-5-11(16)7-14(12)19-3/h5-7,9,13,17H,4,8H2,1-3H3.